The maximum Gasteiger partial charge on any atom is 0.267 e. The van der Waals surface area contributed by atoms with Crippen LogP contribution < -0.4 is 15.4 Å². The fraction of sp³-hybridized carbons (Fsp3) is 0.417. The van der Waals surface area contributed by atoms with Gasteiger partial charge in [-0.3, -0.25) is 4.79 Å². The summed E-state index contributed by atoms with van der Waals surface area (Å²) in [7, 11) is 0. The molecule has 3 N–H and O–H groups in total. The lowest BCUT2D eigenvalue weighted by Gasteiger charge is -2.36. The number of nitrogens with zero attached hydrogens (tertiary/aromatic N) is 5. The molecule has 1 aliphatic heterocycles. The molecule has 0 bridgehead atoms. The number of carbonyl (C=O) groups excluding carboxylic acids is 1. The number of aliphatic hydroxyl groups is 1. The fourth-order valence-corrected chi connectivity index (χ4v) is 5.19. The van der Waals surface area contributed by atoms with Crippen LogP contribution in [0.2, 0.25) is 0 Å². The maximum absolute atomic E-state index is 13.8. The molecule has 4 aromatic rings. The van der Waals surface area contributed by atoms with E-state index in [1.807, 2.05) is 18.3 Å². The number of alkyl halides is 2. The predicted octanol–water partition coefficient (Wildman–Crippen LogP) is 2.77. The molecule has 0 aromatic carbocycles. The molecule has 5 heterocycles. The highest BCUT2D eigenvalue weighted by Gasteiger charge is 2.49. The second-order valence-corrected chi connectivity index (χ2v) is 9.64. The van der Waals surface area contributed by atoms with Gasteiger partial charge in [-0.05, 0) is 31.4 Å². The minimum absolute atomic E-state index is 0.109. The summed E-state index contributed by atoms with van der Waals surface area (Å²) in [6, 6.07) is 2.71. The van der Waals surface area contributed by atoms with Crippen LogP contribution in [-0.4, -0.2) is 66.4 Å². The third-order valence-electron chi connectivity index (χ3n) is 7.40. The van der Waals surface area contributed by atoms with Crippen LogP contribution in [0.3, 0.4) is 0 Å². The van der Waals surface area contributed by atoms with Crippen LogP contribution in [0.5, 0.6) is 5.75 Å². The van der Waals surface area contributed by atoms with Crippen LogP contribution >= 0.6 is 0 Å². The molecule has 36 heavy (non-hydrogen) atoms. The highest BCUT2D eigenvalue weighted by molar-refractivity contribution is 6.02. The normalized spacial score (nSPS) is 24.4. The Labute approximate surface area is 203 Å². The van der Waals surface area contributed by atoms with E-state index in [4.69, 9.17) is 9.72 Å². The number of aromatic nitrogens is 5. The molecule has 0 spiro atoms. The van der Waals surface area contributed by atoms with Gasteiger partial charge in [0.25, 0.3) is 11.8 Å². The second-order valence-electron chi connectivity index (χ2n) is 9.64. The van der Waals surface area contributed by atoms with E-state index in [0.29, 0.717) is 43.3 Å². The van der Waals surface area contributed by atoms with Gasteiger partial charge in [0.1, 0.15) is 23.5 Å². The van der Waals surface area contributed by atoms with Crippen LogP contribution in [0, 0.1) is 0 Å². The minimum Gasteiger partial charge on any atom is -0.486 e. The van der Waals surface area contributed by atoms with Crippen LogP contribution in [0.1, 0.15) is 42.1 Å². The van der Waals surface area contributed by atoms with Crippen molar-refractivity contribution in [3.05, 3.63) is 36.3 Å². The van der Waals surface area contributed by atoms with Crippen molar-refractivity contribution in [3.63, 3.8) is 0 Å². The smallest absolute Gasteiger partial charge is 0.267 e. The average molecular weight is 495 g/mol. The van der Waals surface area contributed by atoms with Gasteiger partial charge < -0.3 is 25.0 Å². The number of fused-ring (bicyclic) bond motifs is 4. The van der Waals surface area contributed by atoms with Crippen LogP contribution in [0.15, 0.2) is 30.7 Å². The summed E-state index contributed by atoms with van der Waals surface area (Å²) in [5, 5.41) is 20.7. The van der Waals surface area contributed by atoms with E-state index >= 15 is 0 Å². The first-order chi connectivity index (χ1) is 17.4. The van der Waals surface area contributed by atoms with E-state index in [2.05, 4.69) is 25.3 Å². The topological polar surface area (TPSA) is 119 Å². The lowest BCUT2D eigenvalue weighted by Crippen LogP contribution is -2.55. The molecule has 0 unspecified atom stereocenters. The first-order valence-corrected chi connectivity index (χ1v) is 12.0. The molecule has 0 radical (unpaired) electrons. The summed E-state index contributed by atoms with van der Waals surface area (Å²) in [4.78, 5) is 22.4. The number of rotatable bonds is 4. The molecule has 2 saturated carbocycles. The standard InChI is InChI=1S/C24H23F2N7O3/c25-24(26)4-3-17(24)30-23(35)15-10-29-33-21(15)31-18(19-22(33)28-6-7-36-19)16-11-32(12-8-13(34)9-12)20-14(16)2-1-5-27-20/h1-2,5,10-13,17,28,34H,3-4,6-9H2,(H,30,35)/t12?,13?,17-/m0/s1. The zero-order chi connectivity index (χ0) is 24.6. The van der Waals surface area contributed by atoms with Gasteiger partial charge in [-0.2, -0.15) is 9.61 Å². The molecular weight excluding hydrogens is 472 g/mol. The van der Waals surface area contributed by atoms with Crippen molar-refractivity contribution in [2.45, 2.75) is 49.8 Å². The zero-order valence-electron chi connectivity index (χ0n) is 19.1. The minimum atomic E-state index is -2.91. The van der Waals surface area contributed by atoms with E-state index in [-0.39, 0.29) is 36.2 Å². The number of carbonyl (C=O) groups is 1. The Balaban J connectivity index is 1.39. The van der Waals surface area contributed by atoms with Crippen LogP contribution in [0.4, 0.5) is 14.6 Å². The van der Waals surface area contributed by atoms with E-state index in [1.54, 1.807) is 6.20 Å². The molecule has 12 heteroatoms. The molecule has 2 fully saturated rings. The molecule has 0 saturated heterocycles. The maximum atomic E-state index is 13.8. The molecule has 186 valence electrons. The molecule has 1 atom stereocenters. The Morgan fingerprint density at radius 1 is 1.31 bits per heavy atom. The fourth-order valence-electron chi connectivity index (χ4n) is 5.19. The van der Waals surface area contributed by atoms with Gasteiger partial charge in [-0.25, -0.2) is 18.7 Å². The number of hydrogen-bond donors (Lipinski definition) is 3. The summed E-state index contributed by atoms with van der Waals surface area (Å²) >= 11 is 0. The Bertz CT molecular complexity index is 1530. The van der Waals surface area contributed by atoms with Crippen molar-refractivity contribution >= 4 is 28.4 Å². The van der Waals surface area contributed by atoms with Crippen molar-refractivity contribution in [2.75, 3.05) is 18.5 Å². The van der Waals surface area contributed by atoms with Crippen LogP contribution in [-0.2, 0) is 0 Å². The summed E-state index contributed by atoms with van der Waals surface area (Å²) in [5.41, 5.74) is 2.39. The Kier molecular flexibility index (Phi) is 4.53. The largest absolute Gasteiger partial charge is 0.486 e. The molecule has 10 nitrogen and oxygen atoms in total. The number of nitrogens with one attached hydrogen (secondary N) is 2. The van der Waals surface area contributed by atoms with E-state index in [0.717, 1.165) is 16.6 Å². The lowest BCUT2D eigenvalue weighted by atomic mass is 9.88. The monoisotopic (exact) mass is 495 g/mol. The lowest BCUT2D eigenvalue weighted by molar-refractivity contribution is -0.102. The quantitative estimate of drug-likeness (QED) is 0.398. The summed E-state index contributed by atoms with van der Waals surface area (Å²) < 4.78 is 37.2. The number of pyridine rings is 1. The van der Waals surface area contributed by atoms with Crippen LogP contribution in [0.25, 0.3) is 27.9 Å². The van der Waals surface area contributed by atoms with Gasteiger partial charge in [0.05, 0.1) is 24.9 Å². The third kappa shape index (κ3) is 3.10. The molecule has 7 rings (SSSR count). The van der Waals surface area contributed by atoms with E-state index in [9.17, 15) is 18.7 Å². The van der Waals surface area contributed by atoms with Crippen molar-refractivity contribution in [3.8, 4) is 17.0 Å². The Hall–Kier alpha value is -3.80. The molecule has 1 amide bonds. The van der Waals surface area contributed by atoms with Gasteiger partial charge in [0.15, 0.2) is 17.2 Å². The van der Waals surface area contributed by atoms with Crippen molar-refractivity contribution in [1.29, 1.82) is 0 Å². The number of halogens is 2. The summed E-state index contributed by atoms with van der Waals surface area (Å²) in [6.45, 7) is 0.953. The van der Waals surface area contributed by atoms with E-state index < -0.39 is 17.9 Å². The van der Waals surface area contributed by atoms with Crippen molar-refractivity contribution < 1.29 is 23.4 Å². The summed E-state index contributed by atoms with van der Waals surface area (Å²) in [5.74, 6) is -2.52. The van der Waals surface area contributed by atoms with Gasteiger partial charge in [-0.15, -0.1) is 0 Å². The van der Waals surface area contributed by atoms with Gasteiger partial charge in [0.2, 0.25) is 0 Å². The van der Waals surface area contributed by atoms with E-state index in [1.165, 1.54) is 10.7 Å². The number of hydrogen-bond acceptors (Lipinski definition) is 7. The molecule has 2 aliphatic carbocycles. The van der Waals surface area contributed by atoms with Crippen molar-refractivity contribution in [1.82, 2.24) is 29.5 Å². The molecule has 3 aliphatic rings. The van der Waals surface area contributed by atoms with Gasteiger partial charge in [-0.1, -0.05) is 0 Å². The first kappa shape index (κ1) is 21.5. The summed E-state index contributed by atoms with van der Waals surface area (Å²) in [6.07, 6.45) is 5.96. The third-order valence-corrected chi connectivity index (χ3v) is 7.40. The Morgan fingerprint density at radius 2 is 2.17 bits per heavy atom. The molecule has 4 aromatic heterocycles. The number of amides is 1. The average Bonchev–Trinajstić information content (AvgIpc) is 3.46. The first-order valence-electron chi connectivity index (χ1n) is 12.0. The highest BCUT2D eigenvalue weighted by atomic mass is 19.3. The zero-order valence-corrected chi connectivity index (χ0v) is 19.1. The molecular formula is C24H23F2N7O3. The SMILES string of the molecule is O=C(N[C@H]1CCC1(F)F)c1cnn2c3c(c(-c4cn(C5CC(O)C5)c5ncccc45)nc12)OCCN3. The van der Waals surface area contributed by atoms with Gasteiger partial charge >= 0.3 is 0 Å². The van der Waals surface area contributed by atoms with Crippen molar-refractivity contribution in [2.24, 2.45) is 0 Å². The predicted molar refractivity (Wildman–Crippen MR) is 125 cm³/mol. The number of ether oxygens (including phenoxy) is 1. The second kappa shape index (κ2) is 7.60. The van der Waals surface area contributed by atoms with Gasteiger partial charge in [0, 0.05) is 35.8 Å². The number of aliphatic hydroxyl groups excluding tert-OH is 1. The Morgan fingerprint density at radius 3 is 2.92 bits per heavy atom. The highest BCUT2D eigenvalue weighted by Crippen LogP contribution is 2.44. The number of anilines is 1.